The molecule has 0 atom stereocenters. The van der Waals surface area contributed by atoms with Crippen LogP contribution in [-0.4, -0.2) is 4.98 Å². The number of hydrogen-bond donors (Lipinski definition) is 1. The highest BCUT2D eigenvalue weighted by atomic mass is 19.4. The molecule has 0 aliphatic heterocycles. The maximum atomic E-state index is 14.2. The highest BCUT2D eigenvalue weighted by Gasteiger charge is 2.37. The summed E-state index contributed by atoms with van der Waals surface area (Å²) in [5.74, 6) is 0.223. The number of nitrogens with zero attached hydrogens (tertiary/aromatic N) is 1. The Morgan fingerprint density at radius 2 is 1.36 bits per heavy atom. The van der Waals surface area contributed by atoms with Gasteiger partial charge in [0.15, 0.2) is 0 Å². The predicted molar refractivity (Wildman–Crippen MR) is 106 cm³/mol. The summed E-state index contributed by atoms with van der Waals surface area (Å²) >= 11 is 0. The predicted octanol–water partition coefficient (Wildman–Crippen LogP) is 6.53. The maximum Gasteiger partial charge on any atom is 0.417 e. The average Bonchev–Trinajstić information content (AvgIpc) is 2.71. The van der Waals surface area contributed by atoms with Crippen molar-refractivity contribution in [1.82, 2.24) is 4.98 Å². The Labute approximate surface area is 160 Å². The number of hydrogen-bond acceptors (Lipinski definition) is 2. The minimum absolute atomic E-state index is 0.0720. The first-order valence-electron chi connectivity index (χ1n) is 8.87. The van der Waals surface area contributed by atoms with Crippen LogP contribution in [0.5, 0.6) is 0 Å². The van der Waals surface area contributed by atoms with E-state index in [1.807, 2.05) is 30.3 Å². The number of halogens is 3. The van der Waals surface area contributed by atoms with Gasteiger partial charge in [0.1, 0.15) is 5.82 Å². The Morgan fingerprint density at radius 1 is 0.750 bits per heavy atom. The third-order valence-corrected chi connectivity index (χ3v) is 4.54. The molecule has 0 spiro atoms. The first kappa shape index (κ1) is 18.0. The average molecular weight is 378 g/mol. The topological polar surface area (TPSA) is 24.9 Å². The summed E-state index contributed by atoms with van der Waals surface area (Å²) in [4.78, 5) is 4.53. The first-order chi connectivity index (χ1) is 13.5. The number of alkyl halides is 3. The van der Waals surface area contributed by atoms with Crippen molar-refractivity contribution in [3.05, 3.63) is 96.1 Å². The SMILES string of the molecule is FC(F)(F)c1c(-c2ccccc2)c(NCc2ccccc2)nc2ccccc12. The molecule has 0 bridgehead atoms. The summed E-state index contributed by atoms with van der Waals surface area (Å²) in [7, 11) is 0. The van der Waals surface area contributed by atoms with Crippen molar-refractivity contribution >= 4 is 16.7 Å². The first-order valence-corrected chi connectivity index (χ1v) is 8.87. The second-order valence-electron chi connectivity index (χ2n) is 6.43. The zero-order valence-electron chi connectivity index (χ0n) is 14.9. The van der Waals surface area contributed by atoms with Gasteiger partial charge in [0.05, 0.1) is 11.1 Å². The third kappa shape index (κ3) is 3.56. The summed E-state index contributed by atoms with van der Waals surface area (Å²) in [6.45, 7) is 0.378. The molecule has 0 fully saturated rings. The van der Waals surface area contributed by atoms with Crippen molar-refractivity contribution in [1.29, 1.82) is 0 Å². The van der Waals surface area contributed by atoms with E-state index in [2.05, 4.69) is 10.3 Å². The van der Waals surface area contributed by atoms with Crippen LogP contribution in [0.3, 0.4) is 0 Å². The molecule has 3 aromatic carbocycles. The van der Waals surface area contributed by atoms with Gasteiger partial charge in [-0.25, -0.2) is 4.98 Å². The number of para-hydroxylation sites is 1. The lowest BCUT2D eigenvalue weighted by Gasteiger charge is -2.20. The fraction of sp³-hybridized carbons (Fsp3) is 0.0870. The molecule has 4 aromatic rings. The fourth-order valence-electron chi connectivity index (χ4n) is 3.30. The van der Waals surface area contributed by atoms with E-state index in [4.69, 9.17) is 0 Å². The largest absolute Gasteiger partial charge is 0.417 e. The minimum atomic E-state index is -4.52. The number of pyridine rings is 1. The molecule has 0 aliphatic carbocycles. The number of fused-ring (bicyclic) bond motifs is 1. The van der Waals surface area contributed by atoms with Crippen molar-refractivity contribution in [2.45, 2.75) is 12.7 Å². The second-order valence-corrected chi connectivity index (χ2v) is 6.43. The molecule has 1 heterocycles. The molecule has 2 nitrogen and oxygen atoms in total. The van der Waals surface area contributed by atoms with E-state index in [-0.39, 0.29) is 16.8 Å². The lowest BCUT2D eigenvalue weighted by Crippen LogP contribution is -2.13. The molecule has 0 amide bonds. The molecule has 5 heteroatoms. The van der Waals surface area contributed by atoms with Gasteiger partial charge in [-0.2, -0.15) is 13.2 Å². The summed E-state index contributed by atoms with van der Waals surface area (Å²) in [6.07, 6.45) is -4.52. The molecule has 0 aliphatic rings. The summed E-state index contributed by atoms with van der Waals surface area (Å²) < 4.78 is 42.5. The van der Waals surface area contributed by atoms with Gasteiger partial charge in [0.2, 0.25) is 0 Å². The van der Waals surface area contributed by atoms with E-state index < -0.39 is 11.7 Å². The molecular weight excluding hydrogens is 361 g/mol. The van der Waals surface area contributed by atoms with Crippen molar-refractivity contribution in [2.24, 2.45) is 0 Å². The lowest BCUT2D eigenvalue weighted by atomic mass is 9.96. The van der Waals surface area contributed by atoms with Crippen LogP contribution in [0.1, 0.15) is 11.1 Å². The molecule has 1 N–H and O–H groups in total. The van der Waals surface area contributed by atoms with Gasteiger partial charge >= 0.3 is 6.18 Å². The van der Waals surface area contributed by atoms with Gasteiger partial charge in [0, 0.05) is 17.5 Å². The Balaban J connectivity index is 1.94. The normalized spacial score (nSPS) is 11.5. The third-order valence-electron chi connectivity index (χ3n) is 4.54. The highest BCUT2D eigenvalue weighted by molar-refractivity contribution is 5.94. The van der Waals surface area contributed by atoms with Crippen LogP contribution in [0.15, 0.2) is 84.9 Å². The summed E-state index contributed by atoms with van der Waals surface area (Å²) in [5.41, 5.74) is 1.15. The van der Waals surface area contributed by atoms with Crippen LogP contribution in [0.2, 0.25) is 0 Å². The fourth-order valence-corrected chi connectivity index (χ4v) is 3.30. The highest BCUT2D eigenvalue weighted by Crippen LogP contribution is 2.44. The van der Waals surface area contributed by atoms with Crippen LogP contribution < -0.4 is 5.32 Å². The van der Waals surface area contributed by atoms with Crippen LogP contribution in [0.25, 0.3) is 22.0 Å². The molecule has 28 heavy (non-hydrogen) atoms. The van der Waals surface area contributed by atoms with Crippen LogP contribution >= 0.6 is 0 Å². The number of benzene rings is 3. The Morgan fingerprint density at radius 3 is 2.04 bits per heavy atom. The number of aromatic nitrogens is 1. The van der Waals surface area contributed by atoms with E-state index in [0.717, 1.165) is 5.56 Å². The molecule has 0 saturated carbocycles. The van der Waals surface area contributed by atoms with Crippen LogP contribution in [0, 0.1) is 0 Å². The van der Waals surface area contributed by atoms with E-state index in [1.54, 1.807) is 48.5 Å². The van der Waals surface area contributed by atoms with E-state index in [0.29, 0.717) is 17.6 Å². The van der Waals surface area contributed by atoms with Crippen molar-refractivity contribution < 1.29 is 13.2 Å². The molecule has 1 aromatic heterocycles. The Bertz CT molecular complexity index is 1090. The maximum absolute atomic E-state index is 14.2. The number of anilines is 1. The number of nitrogens with one attached hydrogen (secondary N) is 1. The van der Waals surface area contributed by atoms with Crippen molar-refractivity contribution in [3.63, 3.8) is 0 Å². The monoisotopic (exact) mass is 378 g/mol. The molecule has 4 rings (SSSR count). The van der Waals surface area contributed by atoms with Crippen molar-refractivity contribution in [3.8, 4) is 11.1 Å². The minimum Gasteiger partial charge on any atom is -0.365 e. The van der Waals surface area contributed by atoms with Gasteiger partial charge in [-0.05, 0) is 17.2 Å². The van der Waals surface area contributed by atoms with Crippen LogP contribution in [0.4, 0.5) is 19.0 Å². The quantitative estimate of drug-likeness (QED) is 0.436. The lowest BCUT2D eigenvalue weighted by molar-refractivity contribution is -0.135. The standard InChI is InChI=1S/C23H17F3N2/c24-23(25,26)21-18-13-7-8-14-19(18)28-22(20(21)17-11-5-2-6-12-17)27-15-16-9-3-1-4-10-16/h1-14H,15H2,(H,27,28). The van der Waals surface area contributed by atoms with Gasteiger partial charge in [-0.15, -0.1) is 0 Å². The zero-order valence-corrected chi connectivity index (χ0v) is 14.9. The Kier molecular flexibility index (Phi) is 4.74. The summed E-state index contributed by atoms with van der Waals surface area (Å²) in [6, 6.07) is 24.5. The molecular formula is C23H17F3N2. The van der Waals surface area contributed by atoms with Gasteiger partial charge in [-0.3, -0.25) is 0 Å². The van der Waals surface area contributed by atoms with E-state index in [1.165, 1.54) is 6.07 Å². The molecule has 0 radical (unpaired) electrons. The Hall–Kier alpha value is -3.34. The smallest absolute Gasteiger partial charge is 0.365 e. The van der Waals surface area contributed by atoms with E-state index in [9.17, 15) is 13.2 Å². The van der Waals surface area contributed by atoms with Gasteiger partial charge < -0.3 is 5.32 Å². The summed E-state index contributed by atoms with van der Waals surface area (Å²) in [5, 5.41) is 3.22. The molecule has 0 saturated heterocycles. The number of rotatable bonds is 4. The second kappa shape index (κ2) is 7.35. The van der Waals surface area contributed by atoms with Gasteiger partial charge in [-0.1, -0.05) is 78.9 Å². The van der Waals surface area contributed by atoms with E-state index >= 15 is 0 Å². The van der Waals surface area contributed by atoms with Crippen molar-refractivity contribution in [2.75, 3.05) is 5.32 Å². The molecule has 0 unspecified atom stereocenters. The van der Waals surface area contributed by atoms with Gasteiger partial charge in [0.25, 0.3) is 0 Å². The molecule has 140 valence electrons. The zero-order chi connectivity index (χ0) is 19.6. The van der Waals surface area contributed by atoms with Crippen LogP contribution in [-0.2, 0) is 12.7 Å².